The number of fused-ring (bicyclic) bond motifs is 1. The van der Waals surface area contributed by atoms with Crippen molar-refractivity contribution < 1.29 is 14.4 Å². The van der Waals surface area contributed by atoms with Gasteiger partial charge in [-0.15, -0.1) is 0 Å². The van der Waals surface area contributed by atoms with E-state index in [1.165, 1.54) is 4.90 Å². The summed E-state index contributed by atoms with van der Waals surface area (Å²) in [6, 6.07) is 14.5. The molecule has 124 valence electrons. The van der Waals surface area contributed by atoms with Crippen LogP contribution in [0.4, 0.5) is 5.69 Å². The molecule has 0 aromatic heterocycles. The van der Waals surface area contributed by atoms with Crippen molar-refractivity contribution in [1.82, 2.24) is 0 Å². The molecule has 4 nitrogen and oxygen atoms in total. The summed E-state index contributed by atoms with van der Waals surface area (Å²) in [5.41, 5.74) is 2.35. The van der Waals surface area contributed by atoms with Crippen LogP contribution in [0, 0.1) is 11.8 Å². The highest BCUT2D eigenvalue weighted by Crippen LogP contribution is 2.57. The van der Waals surface area contributed by atoms with Crippen LogP contribution in [0.2, 0.25) is 5.02 Å². The smallest absolute Gasteiger partial charge is 0.238 e. The molecular formula is C20H14ClNO3. The maximum atomic E-state index is 13.1. The molecule has 4 aliphatic rings. The van der Waals surface area contributed by atoms with Crippen LogP contribution in [0.1, 0.15) is 29.4 Å². The molecule has 2 bridgehead atoms. The van der Waals surface area contributed by atoms with Crippen molar-refractivity contribution in [3.63, 3.8) is 0 Å². The van der Waals surface area contributed by atoms with E-state index in [0.29, 0.717) is 17.1 Å². The number of hydrogen-bond donors (Lipinski definition) is 0. The van der Waals surface area contributed by atoms with Crippen molar-refractivity contribution in [1.29, 1.82) is 0 Å². The van der Waals surface area contributed by atoms with E-state index in [-0.39, 0.29) is 23.5 Å². The largest absolute Gasteiger partial charge is 0.299 e. The molecule has 4 atom stereocenters. The second-order valence-electron chi connectivity index (χ2n) is 6.90. The first kappa shape index (κ1) is 14.8. The molecule has 1 heterocycles. The Morgan fingerprint density at radius 2 is 1.48 bits per heavy atom. The van der Waals surface area contributed by atoms with Gasteiger partial charge >= 0.3 is 0 Å². The third-order valence-electron chi connectivity index (χ3n) is 5.78. The van der Waals surface area contributed by atoms with E-state index in [4.69, 9.17) is 11.6 Å². The van der Waals surface area contributed by atoms with Crippen molar-refractivity contribution in [2.24, 2.45) is 11.8 Å². The molecular weight excluding hydrogens is 338 g/mol. The molecule has 0 radical (unpaired) electrons. The van der Waals surface area contributed by atoms with Crippen molar-refractivity contribution in [3.05, 3.63) is 64.7 Å². The molecule has 0 N–H and O–H groups in total. The lowest BCUT2D eigenvalue weighted by atomic mass is 9.56. The van der Waals surface area contributed by atoms with Crippen LogP contribution in [0.3, 0.4) is 0 Å². The van der Waals surface area contributed by atoms with Gasteiger partial charge in [0, 0.05) is 12.3 Å². The Bertz CT molecular complexity index is 953. The Labute approximate surface area is 149 Å². The summed E-state index contributed by atoms with van der Waals surface area (Å²) >= 11 is 6.23. The van der Waals surface area contributed by atoms with Crippen LogP contribution in [0.5, 0.6) is 0 Å². The molecule has 0 spiro atoms. The number of Topliss-reactive ketones (excluding diaryl/α,β-unsaturated/α-hetero) is 1. The van der Waals surface area contributed by atoms with E-state index in [1.54, 1.807) is 24.3 Å². The van der Waals surface area contributed by atoms with Crippen molar-refractivity contribution in [2.75, 3.05) is 4.90 Å². The fourth-order valence-electron chi connectivity index (χ4n) is 4.83. The molecule has 2 aromatic rings. The van der Waals surface area contributed by atoms with E-state index in [1.807, 2.05) is 24.3 Å². The molecule has 5 heteroatoms. The van der Waals surface area contributed by atoms with Gasteiger partial charge in [0.15, 0.2) is 0 Å². The van der Waals surface area contributed by atoms with Gasteiger partial charge in [-0.25, -0.2) is 4.90 Å². The summed E-state index contributed by atoms with van der Waals surface area (Å²) in [6.45, 7) is 0. The second-order valence-corrected chi connectivity index (χ2v) is 7.31. The van der Waals surface area contributed by atoms with E-state index in [0.717, 1.165) is 11.1 Å². The van der Waals surface area contributed by atoms with Crippen LogP contribution in [-0.4, -0.2) is 17.6 Å². The highest BCUT2D eigenvalue weighted by molar-refractivity contribution is 6.36. The van der Waals surface area contributed by atoms with Crippen LogP contribution in [-0.2, 0) is 14.4 Å². The number of carbonyl (C=O) groups is 3. The number of benzene rings is 2. The van der Waals surface area contributed by atoms with Crippen LogP contribution < -0.4 is 4.90 Å². The summed E-state index contributed by atoms with van der Waals surface area (Å²) in [7, 11) is 0. The third-order valence-corrected chi connectivity index (χ3v) is 6.10. The molecule has 1 saturated heterocycles. The number of para-hydroxylation sites is 1. The average Bonchev–Trinajstić information content (AvgIpc) is 2.88. The zero-order valence-electron chi connectivity index (χ0n) is 13.2. The van der Waals surface area contributed by atoms with Crippen LogP contribution >= 0.6 is 11.6 Å². The first-order valence-electron chi connectivity index (χ1n) is 8.33. The predicted octanol–water partition coefficient (Wildman–Crippen LogP) is 3.30. The van der Waals surface area contributed by atoms with Gasteiger partial charge in [-0.3, -0.25) is 14.4 Å². The lowest BCUT2D eigenvalue weighted by molar-refractivity contribution is -0.134. The SMILES string of the molecule is O=C1C[C@@H]2c3ccccc3[C@@H]1[C@H]1C(=O)N(c3ccccc3Cl)C(=O)[C@@H]12. The minimum absolute atomic E-state index is 0.0621. The zero-order valence-corrected chi connectivity index (χ0v) is 13.9. The minimum atomic E-state index is -0.607. The van der Waals surface area contributed by atoms with Crippen molar-refractivity contribution >= 4 is 34.9 Å². The monoisotopic (exact) mass is 351 g/mol. The van der Waals surface area contributed by atoms with E-state index >= 15 is 0 Å². The Kier molecular flexibility index (Phi) is 2.98. The van der Waals surface area contributed by atoms with Crippen LogP contribution in [0.15, 0.2) is 48.5 Å². The van der Waals surface area contributed by atoms with Gasteiger partial charge in [-0.1, -0.05) is 48.0 Å². The third kappa shape index (κ3) is 1.80. The number of ketones is 1. The molecule has 6 rings (SSSR count). The Balaban J connectivity index is 1.68. The van der Waals surface area contributed by atoms with Crippen molar-refractivity contribution in [2.45, 2.75) is 18.3 Å². The van der Waals surface area contributed by atoms with E-state index in [2.05, 4.69) is 0 Å². The molecule has 1 aliphatic heterocycles. The summed E-state index contributed by atoms with van der Waals surface area (Å²) < 4.78 is 0. The predicted molar refractivity (Wildman–Crippen MR) is 92.5 cm³/mol. The number of rotatable bonds is 1. The highest BCUT2D eigenvalue weighted by atomic mass is 35.5. The van der Waals surface area contributed by atoms with Gasteiger partial charge in [-0.05, 0) is 23.3 Å². The van der Waals surface area contributed by atoms with Gasteiger partial charge in [0.1, 0.15) is 5.78 Å². The van der Waals surface area contributed by atoms with Gasteiger partial charge in [0.2, 0.25) is 11.8 Å². The normalized spacial score (nSPS) is 29.8. The van der Waals surface area contributed by atoms with Gasteiger partial charge in [0.05, 0.1) is 28.5 Å². The molecule has 2 aromatic carbocycles. The van der Waals surface area contributed by atoms with Crippen molar-refractivity contribution in [3.8, 4) is 0 Å². The lowest BCUT2D eigenvalue weighted by Crippen LogP contribution is -2.44. The fraction of sp³-hybridized carbons (Fsp3) is 0.250. The quantitative estimate of drug-likeness (QED) is 0.741. The second kappa shape index (κ2) is 5.02. The standard InChI is InChI=1S/C20H14ClNO3/c21-13-7-3-4-8-14(13)22-19(24)17-12-9-15(23)16(18(17)20(22)25)11-6-2-1-5-10(11)12/h1-8,12,16-18H,9H2/t12-,16+,17-,18-/m1/s1. The number of anilines is 1. The molecule has 25 heavy (non-hydrogen) atoms. The minimum Gasteiger partial charge on any atom is -0.299 e. The molecule has 1 saturated carbocycles. The molecule has 2 fully saturated rings. The summed E-state index contributed by atoms with van der Waals surface area (Å²) in [5, 5.41) is 0.360. The summed E-state index contributed by atoms with van der Waals surface area (Å²) in [5.74, 6) is -2.29. The van der Waals surface area contributed by atoms with Gasteiger partial charge in [0.25, 0.3) is 0 Å². The highest BCUT2D eigenvalue weighted by Gasteiger charge is 2.62. The lowest BCUT2D eigenvalue weighted by Gasteiger charge is -2.43. The first-order chi connectivity index (χ1) is 12.1. The van der Waals surface area contributed by atoms with Gasteiger partial charge in [-0.2, -0.15) is 0 Å². The van der Waals surface area contributed by atoms with Gasteiger partial charge < -0.3 is 0 Å². The number of carbonyl (C=O) groups excluding carboxylic acids is 3. The maximum absolute atomic E-state index is 13.1. The van der Waals surface area contributed by atoms with E-state index in [9.17, 15) is 14.4 Å². The van der Waals surface area contributed by atoms with E-state index < -0.39 is 17.8 Å². The number of halogens is 1. The van der Waals surface area contributed by atoms with Crippen LogP contribution in [0.25, 0.3) is 0 Å². The average molecular weight is 352 g/mol. The summed E-state index contributed by atoms with van der Waals surface area (Å²) in [6.07, 6.45) is 0.332. The Hall–Kier alpha value is -2.46. The molecule has 0 unspecified atom stereocenters. The molecule has 3 aliphatic carbocycles. The number of hydrogen-bond acceptors (Lipinski definition) is 3. The number of nitrogens with zero attached hydrogens (tertiary/aromatic N) is 1. The summed E-state index contributed by atoms with van der Waals surface area (Å²) in [4.78, 5) is 40.1. The number of imide groups is 1. The first-order valence-corrected chi connectivity index (χ1v) is 8.71. The number of amides is 2. The topological polar surface area (TPSA) is 54.5 Å². The fourth-order valence-corrected chi connectivity index (χ4v) is 5.05. The Morgan fingerprint density at radius 1 is 0.840 bits per heavy atom. The maximum Gasteiger partial charge on any atom is 0.238 e. The molecule has 2 amide bonds. The Morgan fingerprint density at radius 3 is 2.24 bits per heavy atom. The zero-order chi connectivity index (χ0) is 17.3.